The van der Waals surface area contributed by atoms with Gasteiger partial charge in [0.1, 0.15) is 11.5 Å². The van der Waals surface area contributed by atoms with Crippen molar-refractivity contribution < 1.29 is 9.59 Å². The van der Waals surface area contributed by atoms with Crippen molar-refractivity contribution >= 4 is 11.7 Å². The average molecular weight is 260 g/mol. The molecule has 1 unspecified atom stereocenters. The Balaban J connectivity index is 2.20. The fourth-order valence-corrected chi connectivity index (χ4v) is 2.75. The molecular formula is C15H20N2O2. The number of aryl methyl sites for hydroxylation is 2. The largest absolute Gasteiger partial charge is 0.334 e. The second-order valence-corrected chi connectivity index (χ2v) is 5.37. The van der Waals surface area contributed by atoms with Crippen molar-refractivity contribution in [3.63, 3.8) is 0 Å². The molecule has 19 heavy (non-hydrogen) atoms. The summed E-state index contributed by atoms with van der Waals surface area (Å²) in [6.07, 6.45) is 2.33. The molecule has 102 valence electrons. The molecule has 0 N–H and O–H groups in total. The zero-order chi connectivity index (χ0) is 14.0. The summed E-state index contributed by atoms with van der Waals surface area (Å²) in [6, 6.07) is 3.82. The molecule has 2 heterocycles. The van der Waals surface area contributed by atoms with Crippen molar-refractivity contribution in [2.75, 3.05) is 6.54 Å². The summed E-state index contributed by atoms with van der Waals surface area (Å²) in [5, 5.41) is 0. The summed E-state index contributed by atoms with van der Waals surface area (Å²) in [6.45, 7) is 6.16. The first-order chi connectivity index (χ1) is 8.97. The molecule has 0 spiro atoms. The van der Waals surface area contributed by atoms with Crippen LogP contribution >= 0.6 is 0 Å². The molecule has 1 atom stereocenters. The average Bonchev–Trinajstić information content (AvgIpc) is 2.73. The van der Waals surface area contributed by atoms with E-state index in [2.05, 4.69) is 4.98 Å². The third kappa shape index (κ3) is 3.19. The topological polar surface area (TPSA) is 50.3 Å². The standard InChI is InChI=1S/C15H20N2O2/c1-10-7-11(2)16-14(8-10)15(19)17-6-4-5-13(17)9-12(3)18/h7-8,13H,4-6,9H2,1-3H3. The summed E-state index contributed by atoms with van der Waals surface area (Å²) in [7, 11) is 0. The first-order valence-electron chi connectivity index (χ1n) is 6.73. The number of carbonyl (C=O) groups is 2. The molecule has 0 aromatic carbocycles. The van der Waals surface area contributed by atoms with E-state index in [1.54, 1.807) is 6.92 Å². The van der Waals surface area contributed by atoms with E-state index in [9.17, 15) is 9.59 Å². The van der Waals surface area contributed by atoms with Gasteiger partial charge < -0.3 is 4.90 Å². The van der Waals surface area contributed by atoms with Gasteiger partial charge >= 0.3 is 0 Å². The van der Waals surface area contributed by atoms with Crippen molar-refractivity contribution in [1.29, 1.82) is 0 Å². The Hall–Kier alpha value is -1.71. The molecule has 1 aliphatic rings. The second kappa shape index (κ2) is 5.51. The fourth-order valence-electron chi connectivity index (χ4n) is 2.75. The smallest absolute Gasteiger partial charge is 0.272 e. The Morgan fingerprint density at radius 1 is 1.37 bits per heavy atom. The van der Waals surface area contributed by atoms with Gasteiger partial charge in [-0.1, -0.05) is 0 Å². The summed E-state index contributed by atoms with van der Waals surface area (Å²) in [5.41, 5.74) is 2.39. The zero-order valence-corrected chi connectivity index (χ0v) is 11.8. The molecule has 0 radical (unpaired) electrons. The van der Waals surface area contributed by atoms with E-state index < -0.39 is 0 Å². The number of nitrogens with zero attached hydrogens (tertiary/aromatic N) is 2. The van der Waals surface area contributed by atoms with E-state index in [1.165, 1.54) is 0 Å². The molecule has 0 bridgehead atoms. The van der Waals surface area contributed by atoms with Crippen LogP contribution in [0.2, 0.25) is 0 Å². The van der Waals surface area contributed by atoms with Gasteiger partial charge in [-0.15, -0.1) is 0 Å². The van der Waals surface area contributed by atoms with E-state index >= 15 is 0 Å². The highest BCUT2D eigenvalue weighted by Gasteiger charge is 2.30. The quantitative estimate of drug-likeness (QED) is 0.837. The lowest BCUT2D eigenvalue weighted by Gasteiger charge is -2.23. The third-order valence-corrected chi connectivity index (χ3v) is 3.48. The molecule has 0 aliphatic carbocycles. The number of carbonyl (C=O) groups excluding carboxylic acids is 2. The summed E-state index contributed by atoms with van der Waals surface area (Å²) in [4.78, 5) is 29.9. The number of likely N-dealkylation sites (tertiary alicyclic amines) is 1. The number of aromatic nitrogens is 1. The van der Waals surface area contributed by atoms with E-state index in [-0.39, 0.29) is 17.7 Å². The number of amides is 1. The molecule has 1 saturated heterocycles. The van der Waals surface area contributed by atoms with Gasteiger partial charge in [0.05, 0.1) is 0 Å². The lowest BCUT2D eigenvalue weighted by Crippen LogP contribution is -2.37. The summed E-state index contributed by atoms with van der Waals surface area (Å²) in [5.74, 6) is 0.0913. The Bertz CT molecular complexity index is 491. The highest BCUT2D eigenvalue weighted by molar-refractivity contribution is 5.93. The van der Waals surface area contributed by atoms with Crippen LogP contribution in [-0.4, -0.2) is 34.2 Å². The first-order valence-corrected chi connectivity index (χ1v) is 6.73. The molecule has 1 amide bonds. The fraction of sp³-hybridized carbons (Fsp3) is 0.533. The van der Waals surface area contributed by atoms with E-state index in [1.807, 2.05) is 30.9 Å². The Morgan fingerprint density at radius 3 is 2.74 bits per heavy atom. The van der Waals surface area contributed by atoms with Gasteiger partial charge in [0.25, 0.3) is 5.91 Å². The Labute approximate surface area is 113 Å². The number of Topliss-reactive ketones (excluding diaryl/α,β-unsaturated/α-hetero) is 1. The first kappa shape index (κ1) is 13.7. The maximum atomic E-state index is 12.5. The number of rotatable bonds is 3. The van der Waals surface area contributed by atoms with Gasteiger partial charge in [-0.25, -0.2) is 4.98 Å². The van der Waals surface area contributed by atoms with E-state index in [0.717, 1.165) is 30.6 Å². The molecule has 4 heteroatoms. The third-order valence-electron chi connectivity index (χ3n) is 3.48. The van der Waals surface area contributed by atoms with Gasteiger partial charge in [-0.2, -0.15) is 0 Å². The zero-order valence-electron chi connectivity index (χ0n) is 11.8. The highest BCUT2D eigenvalue weighted by atomic mass is 16.2. The van der Waals surface area contributed by atoms with Crippen LogP contribution in [0.1, 0.15) is 47.9 Å². The lowest BCUT2D eigenvalue weighted by atomic mass is 10.1. The van der Waals surface area contributed by atoms with Crippen molar-refractivity contribution in [3.8, 4) is 0 Å². The lowest BCUT2D eigenvalue weighted by molar-refractivity contribution is -0.117. The van der Waals surface area contributed by atoms with Crippen molar-refractivity contribution in [2.24, 2.45) is 0 Å². The van der Waals surface area contributed by atoms with Crippen LogP contribution in [0.3, 0.4) is 0 Å². The predicted molar refractivity (Wildman–Crippen MR) is 73.1 cm³/mol. The van der Waals surface area contributed by atoms with Crippen LogP contribution in [-0.2, 0) is 4.79 Å². The Kier molecular flexibility index (Phi) is 3.98. The van der Waals surface area contributed by atoms with Crippen LogP contribution in [0, 0.1) is 13.8 Å². The molecule has 1 aromatic rings. The van der Waals surface area contributed by atoms with E-state index in [0.29, 0.717) is 12.1 Å². The monoisotopic (exact) mass is 260 g/mol. The number of ketones is 1. The van der Waals surface area contributed by atoms with Gasteiger partial charge in [-0.05, 0) is 51.3 Å². The van der Waals surface area contributed by atoms with Crippen LogP contribution < -0.4 is 0 Å². The number of hydrogen-bond donors (Lipinski definition) is 0. The van der Waals surface area contributed by atoms with Gasteiger partial charge in [0.2, 0.25) is 0 Å². The van der Waals surface area contributed by atoms with Crippen LogP contribution in [0.25, 0.3) is 0 Å². The Morgan fingerprint density at radius 2 is 2.11 bits per heavy atom. The van der Waals surface area contributed by atoms with E-state index in [4.69, 9.17) is 0 Å². The van der Waals surface area contributed by atoms with Gasteiger partial charge in [-0.3, -0.25) is 9.59 Å². The summed E-state index contributed by atoms with van der Waals surface area (Å²) < 4.78 is 0. The molecule has 1 aromatic heterocycles. The highest BCUT2D eigenvalue weighted by Crippen LogP contribution is 2.22. The number of pyridine rings is 1. The molecule has 0 saturated carbocycles. The van der Waals surface area contributed by atoms with Crippen molar-refractivity contribution in [2.45, 2.75) is 46.1 Å². The minimum absolute atomic E-state index is 0.0458. The normalized spacial score (nSPS) is 18.7. The minimum Gasteiger partial charge on any atom is -0.334 e. The van der Waals surface area contributed by atoms with Gasteiger partial charge in [0.15, 0.2) is 0 Å². The second-order valence-electron chi connectivity index (χ2n) is 5.37. The summed E-state index contributed by atoms with van der Waals surface area (Å²) >= 11 is 0. The van der Waals surface area contributed by atoms with Gasteiger partial charge in [0, 0.05) is 24.7 Å². The van der Waals surface area contributed by atoms with Crippen LogP contribution in [0.4, 0.5) is 0 Å². The predicted octanol–water partition coefficient (Wildman–Crippen LogP) is 2.28. The van der Waals surface area contributed by atoms with Crippen LogP contribution in [0.5, 0.6) is 0 Å². The molecule has 1 aliphatic heterocycles. The maximum Gasteiger partial charge on any atom is 0.272 e. The van der Waals surface area contributed by atoms with Crippen molar-refractivity contribution in [3.05, 3.63) is 29.1 Å². The van der Waals surface area contributed by atoms with Crippen LogP contribution in [0.15, 0.2) is 12.1 Å². The minimum atomic E-state index is -0.0458. The molecule has 2 rings (SSSR count). The SMILES string of the molecule is CC(=O)CC1CCCN1C(=O)c1cc(C)cc(C)n1. The molecule has 1 fully saturated rings. The van der Waals surface area contributed by atoms with Crippen molar-refractivity contribution in [1.82, 2.24) is 9.88 Å². The number of hydrogen-bond acceptors (Lipinski definition) is 3. The molecule has 4 nitrogen and oxygen atoms in total. The maximum absolute atomic E-state index is 12.5. The molecular weight excluding hydrogens is 240 g/mol.